The largest absolute Gasteiger partial charge is 0.417 e. The minimum atomic E-state index is -4.73. The summed E-state index contributed by atoms with van der Waals surface area (Å²) in [6, 6.07) is 6.10. The minimum absolute atomic E-state index is 0.231. The molecule has 0 atom stereocenters. The lowest BCUT2D eigenvalue weighted by Gasteiger charge is -2.11. The molecule has 2 aromatic carbocycles. The van der Waals surface area contributed by atoms with Crippen LogP contribution in [0.5, 0.6) is 0 Å². The van der Waals surface area contributed by atoms with Crippen molar-refractivity contribution >= 4 is 34.2 Å². The number of alkyl halides is 3. The summed E-state index contributed by atoms with van der Waals surface area (Å²) in [5, 5.41) is 1.56. The van der Waals surface area contributed by atoms with E-state index in [1.807, 2.05) is 0 Å². The Balaban J connectivity index is 1.90. The first-order valence-electron chi connectivity index (χ1n) is 7.13. The number of hydrogen-bond acceptors (Lipinski definition) is 4. The summed E-state index contributed by atoms with van der Waals surface area (Å²) in [5.74, 6) is -3.54. The topological polar surface area (TPSA) is 54.9 Å². The monoisotopic (exact) mass is 419 g/mol. The van der Waals surface area contributed by atoms with Crippen LogP contribution in [0, 0.1) is 11.6 Å². The Bertz CT molecular complexity index is 1020. The third-order valence-electron chi connectivity index (χ3n) is 3.39. The van der Waals surface area contributed by atoms with Crippen molar-refractivity contribution in [3.8, 4) is 11.4 Å². The molecule has 1 aromatic heterocycles. The molecule has 1 amide bonds. The molecule has 11 heteroatoms. The molecule has 1 N–H and O–H groups in total. The second-order valence-corrected chi connectivity index (χ2v) is 6.30. The van der Waals surface area contributed by atoms with Crippen LogP contribution >= 0.6 is 23.1 Å². The average Bonchev–Trinajstić information content (AvgIpc) is 3.06. The Labute approximate surface area is 157 Å². The summed E-state index contributed by atoms with van der Waals surface area (Å²) in [7, 11) is 0. The fourth-order valence-corrected chi connectivity index (χ4v) is 2.93. The Morgan fingerprint density at radius 2 is 1.81 bits per heavy atom. The molecule has 140 valence electrons. The van der Waals surface area contributed by atoms with E-state index in [0.29, 0.717) is 11.5 Å². The summed E-state index contributed by atoms with van der Waals surface area (Å²) in [4.78, 5) is 15.9. The van der Waals surface area contributed by atoms with Crippen molar-refractivity contribution in [2.75, 3.05) is 5.32 Å². The van der Waals surface area contributed by atoms with Gasteiger partial charge in [0.2, 0.25) is 5.13 Å². The fraction of sp³-hybridized carbons (Fsp3) is 0.0625. The predicted molar refractivity (Wildman–Crippen MR) is 89.7 cm³/mol. The lowest BCUT2D eigenvalue weighted by atomic mass is 10.1. The van der Waals surface area contributed by atoms with Gasteiger partial charge in [0.15, 0.2) is 11.6 Å². The van der Waals surface area contributed by atoms with Gasteiger partial charge < -0.3 is 0 Å². The first kappa shape index (κ1) is 19.2. The Morgan fingerprint density at radius 3 is 2.52 bits per heavy atom. The van der Waals surface area contributed by atoms with Crippen molar-refractivity contribution < 1.29 is 26.7 Å². The van der Waals surface area contributed by atoms with E-state index in [2.05, 4.69) is 14.7 Å². The zero-order valence-corrected chi connectivity index (χ0v) is 14.5. The van der Waals surface area contributed by atoms with E-state index < -0.39 is 46.2 Å². The normalized spacial score (nSPS) is 11.5. The van der Waals surface area contributed by atoms with Gasteiger partial charge in [-0.1, -0.05) is 23.7 Å². The number of nitrogens with one attached hydrogen (secondary N) is 1. The molecule has 0 spiro atoms. The van der Waals surface area contributed by atoms with Gasteiger partial charge in [-0.25, -0.2) is 8.78 Å². The number of carbonyl (C=O) groups excluding carboxylic acids is 1. The van der Waals surface area contributed by atoms with E-state index in [0.717, 1.165) is 30.3 Å². The van der Waals surface area contributed by atoms with Crippen molar-refractivity contribution in [1.29, 1.82) is 0 Å². The highest BCUT2D eigenvalue weighted by Crippen LogP contribution is 2.33. The quantitative estimate of drug-likeness (QED) is 0.456. The lowest BCUT2D eigenvalue weighted by Crippen LogP contribution is -2.18. The van der Waals surface area contributed by atoms with Crippen LogP contribution in [0.1, 0.15) is 15.9 Å². The molecule has 3 rings (SSSR count). The summed E-state index contributed by atoms with van der Waals surface area (Å²) < 4.78 is 70.6. The molecule has 0 aliphatic carbocycles. The molecule has 0 radical (unpaired) electrons. The molecule has 3 aromatic rings. The molecule has 0 aliphatic heterocycles. The number of rotatable bonds is 3. The van der Waals surface area contributed by atoms with E-state index in [1.165, 1.54) is 6.07 Å². The molecule has 0 fully saturated rings. The summed E-state index contributed by atoms with van der Waals surface area (Å²) in [6.07, 6.45) is -4.73. The molecule has 0 aliphatic rings. The maximum Gasteiger partial charge on any atom is 0.417 e. The van der Waals surface area contributed by atoms with Crippen LogP contribution in [0.4, 0.5) is 27.1 Å². The lowest BCUT2D eigenvalue weighted by molar-refractivity contribution is -0.137. The summed E-state index contributed by atoms with van der Waals surface area (Å²) >= 11 is 6.15. The number of hydrogen-bond donors (Lipinski definition) is 1. The van der Waals surface area contributed by atoms with Crippen molar-refractivity contribution in [2.45, 2.75) is 6.18 Å². The van der Waals surface area contributed by atoms with Crippen LogP contribution in [0.25, 0.3) is 11.4 Å². The molecule has 0 unspecified atom stereocenters. The van der Waals surface area contributed by atoms with Crippen molar-refractivity contribution in [3.05, 3.63) is 64.2 Å². The van der Waals surface area contributed by atoms with Crippen LogP contribution in [0.3, 0.4) is 0 Å². The molecule has 4 nitrogen and oxygen atoms in total. The maximum absolute atomic E-state index is 14.0. The summed E-state index contributed by atoms with van der Waals surface area (Å²) in [5.41, 5.74) is -2.35. The van der Waals surface area contributed by atoms with Gasteiger partial charge in [-0.2, -0.15) is 22.5 Å². The van der Waals surface area contributed by atoms with Crippen LogP contribution in [-0.2, 0) is 6.18 Å². The number of halogens is 6. The first-order valence-corrected chi connectivity index (χ1v) is 8.28. The van der Waals surface area contributed by atoms with Crippen LogP contribution in [0.15, 0.2) is 36.4 Å². The standard InChI is InChI=1S/C16H7ClF5N3OS/c17-9-5-6-10(18)11(12(9)19)13-23-15(27-25-13)24-14(26)7-3-1-2-4-8(7)16(20,21)22/h1-6H,(H,23,24,25,26). The SMILES string of the molecule is O=C(Nc1nc(-c2c(F)ccc(Cl)c2F)ns1)c1ccccc1C(F)(F)F. The van der Waals surface area contributed by atoms with E-state index in [4.69, 9.17) is 11.6 Å². The molecule has 27 heavy (non-hydrogen) atoms. The Morgan fingerprint density at radius 1 is 1.11 bits per heavy atom. The molecule has 0 bridgehead atoms. The highest BCUT2D eigenvalue weighted by molar-refractivity contribution is 7.10. The average molecular weight is 420 g/mol. The van der Waals surface area contributed by atoms with E-state index in [-0.39, 0.29) is 10.2 Å². The fourth-order valence-electron chi connectivity index (χ4n) is 2.20. The van der Waals surface area contributed by atoms with Crippen molar-refractivity contribution in [3.63, 3.8) is 0 Å². The van der Waals surface area contributed by atoms with Gasteiger partial charge >= 0.3 is 6.18 Å². The molecular weight excluding hydrogens is 413 g/mol. The highest BCUT2D eigenvalue weighted by atomic mass is 35.5. The van der Waals surface area contributed by atoms with Gasteiger partial charge in [-0.15, -0.1) is 0 Å². The van der Waals surface area contributed by atoms with Gasteiger partial charge in [0.25, 0.3) is 5.91 Å². The molecule has 0 saturated heterocycles. The minimum Gasteiger partial charge on any atom is -0.297 e. The molecule has 1 heterocycles. The van der Waals surface area contributed by atoms with E-state index >= 15 is 0 Å². The zero-order chi connectivity index (χ0) is 19.8. The van der Waals surface area contributed by atoms with E-state index in [9.17, 15) is 26.7 Å². The highest BCUT2D eigenvalue weighted by Gasteiger charge is 2.35. The number of aromatic nitrogens is 2. The Kier molecular flexibility index (Phi) is 5.11. The van der Waals surface area contributed by atoms with Gasteiger partial charge in [0.1, 0.15) is 5.82 Å². The zero-order valence-electron chi connectivity index (χ0n) is 12.9. The third kappa shape index (κ3) is 3.91. The number of nitrogens with zero attached hydrogens (tertiary/aromatic N) is 2. The number of carbonyl (C=O) groups is 1. The van der Waals surface area contributed by atoms with Gasteiger partial charge in [-0.3, -0.25) is 10.1 Å². The molecular formula is C16H7ClF5N3OS. The number of anilines is 1. The van der Waals surface area contributed by atoms with Crippen molar-refractivity contribution in [1.82, 2.24) is 9.36 Å². The van der Waals surface area contributed by atoms with Crippen LogP contribution in [0.2, 0.25) is 5.02 Å². The van der Waals surface area contributed by atoms with Crippen LogP contribution in [-0.4, -0.2) is 15.3 Å². The van der Waals surface area contributed by atoms with Crippen molar-refractivity contribution in [2.24, 2.45) is 0 Å². The second-order valence-electron chi connectivity index (χ2n) is 5.14. The molecule has 0 saturated carbocycles. The maximum atomic E-state index is 14.0. The number of amides is 1. The third-order valence-corrected chi connectivity index (χ3v) is 4.31. The second kappa shape index (κ2) is 7.20. The van der Waals surface area contributed by atoms with Gasteiger partial charge in [0, 0.05) is 11.5 Å². The smallest absolute Gasteiger partial charge is 0.297 e. The predicted octanol–water partition coefficient (Wildman–Crippen LogP) is 5.41. The Hall–Kier alpha value is -2.59. The first-order chi connectivity index (χ1) is 12.7. The van der Waals surface area contributed by atoms with Gasteiger partial charge in [0.05, 0.1) is 21.7 Å². The van der Waals surface area contributed by atoms with Gasteiger partial charge in [-0.05, 0) is 24.3 Å². The number of benzene rings is 2. The van der Waals surface area contributed by atoms with Crippen LogP contribution < -0.4 is 5.32 Å². The summed E-state index contributed by atoms with van der Waals surface area (Å²) in [6.45, 7) is 0. The van der Waals surface area contributed by atoms with E-state index in [1.54, 1.807) is 0 Å².